The van der Waals surface area contributed by atoms with Crippen molar-refractivity contribution in [2.45, 2.75) is 51.2 Å². The molecule has 0 radical (unpaired) electrons. The molecule has 6 nitrogen and oxygen atoms in total. The van der Waals surface area contributed by atoms with Crippen molar-refractivity contribution in [2.75, 3.05) is 20.3 Å². The van der Waals surface area contributed by atoms with Crippen molar-refractivity contribution in [3.05, 3.63) is 0 Å². The van der Waals surface area contributed by atoms with Crippen molar-refractivity contribution < 1.29 is 19.4 Å². The maximum absolute atomic E-state index is 12.7. The van der Waals surface area contributed by atoms with Gasteiger partial charge >= 0.3 is 12.0 Å². The largest absolute Gasteiger partial charge is 0.481 e. The van der Waals surface area contributed by atoms with Crippen molar-refractivity contribution in [1.29, 1.82) is 0 Å². The molecule has 2 saturated heterocycles. The van der Waals surface area contributed by atoms with Crippen LogP contribution < -0.4 is 0 Å². The average Bonchev–Trinajstić information content (AvgIpc) is 2.97. The van der Waals surface area contributed by atoms with Gasteiger partial charge in [0.2, 0.25) is 0 Å². The molecule has 2 rings (SSSR count). The monoisotopic (exact) mass is 284 g/mol. The number of carboxylic acids is 1. The Bertz CT molecular complexity index is 387. The van der Waals surface area contributed by atoms with E-state index in [2.05, 4.69) is 0 Å². The lowest BCUT2D eigenvalue weighted by Gasteiger charge is -2.34. The molecular formula is C14H24N2O4. The quantitative estimate of drug-likeness (QED) is 0.828. The summed E-state index contributed by atoms with van der Waals surface area (Å²) in [5.74, 6) is -1.17. The van der Waals surface area contributed by atoms with Gasteiger partial charge in [-0.3, -0.25) is 4.79 Å². The minimum atomic E-state index is -0.775. The van der Waals surface area contributed by atoms with E-state index in [0.29, 0.717) is 19.6 Å². The Labute approximate surface area is 119 Å². The number of hydrogen-bond acceptors (Lipinski definition) is 3. The lowest BCUT2D eigenvalue weighted by Crippen LogP contribution is -2.50. The molecule has 4 unspecified atom stereocenters. The van der Waals surface area contributed by atoms with E-state index in [1.807, 2.05) is 18.7 Å². The van der Waals surface area contributed by atoms with E-state index in [9.17, 15) is 14.7 Å². The predicted octanol–water partition coefficient (Wildman–Crippen LogP) is 1.40. The van der Waals surface area contributed by atoms with Crippen LogP contribution in [0.15, 0.2) is 0 Å². The number of carbonyl (C=O) groups is 2. The summed E-state index contributed by atoms with van der Waals surface area (Å²) in [5, 5.41) is 9.25. The lowest BCUT2D eigenvalue weighted by atomic mass is 9.89. The van der Waals surface area contributed by atoms with E-state index in [-0.39, 0.29) is 24.2 Å². The second kappa shape index (κ2) is 5.99. The van der Waals surface area contributed by atoms with Crippen molar-refractivity contribution in [2.24, 2.45) is 5.92 Å². The molecule has 0 aromatic rings. The molecule has 2 heterocycles. The smallest absolute Gasteiger partial charge is 0.320 e. The van der Waals surface area contributed by atoms with E-state index in [1.54, 1.807) is 12.0 Å². The van der Waals surface area contributed by atoms with Crippen LogP contribution in [0, 0.1) is 5.92 Å². The fraction of sp³-hybridized carbons (Fsp3) is 0.857. The first-order valence-corrected chi connectivity index (χ1v) is 7.31. The first kappa shape index (κ1) is 15.1. The zero-order valence-electron chi connectivity index (χ0n) is 12.4. The molecule has 20 heavy (non-hydrogen) atoms. The first-order valence-electron chi connectivity index (χ1n) is 7.31. The molecule has 0 aromatic heterocycles. The fourth-order valence-electron chi connectivity index (χ4n) is 3.67. The highest BCUT2D eigenvalue weighted by Gasteiger charge is 2.52. The van der Waals surface area contributed by atoms with Crippen LogP contribution in [0.2, 0.25) is 0 Å². The van der Waals surface area contributed by atoms with Gasteiger partial charge in [-0.15, -0.1) is 0 Å². The third kappa shape index (κ3) is 2.49. The molecule has 1 N–H and O–H groups in total. The highest BCUT2D eigenvalue weighted by Crippen LogP contribution is 2.42. The van der Waals surface area contributed by atoms with E-state index in [0.717, 1.165) is 12.8 Å². The third-order valence-corrected chi connectivity index (χ3v) is 4.60. The number of carbonyl (C=O) groups excluding carboxylic acids is 1. The van der Waals surface area contributed by atoms with Crippen LogP contribution in [0.1, 0.15) is 33.1 Å². The first-order chi connectivity index (χ1) is 9.51. The molecule has 0 saturated carbocycles. The highest BCUT2D eigenvalue weighted by molar-refractivity contribution is 5.79. The summed E-state index contributed by atoms with van der Waals surface area (Å²) < 4.78 is 5.12. The molecule has 2 amide bonds. The summed E-state index contributed by atoms with van der Waals surface area (Å²) in [6.45, 7) is 5.00. The van der Waals surface area contributed by atoms with E-state index in [4.69, 9.17) is 4.74 Å². The number of likely N-dealkylation sites (N-methyl/N-ethyl adjacent to an activating group) is 1. The van der Waals surface area contributed by atoms with Gasteiger partial charge < -0.3 is 19.6 Å². The Morgan fingerprint density at radius 3 is 2.65 bits per heavy atom. The van der Waals surface area contributed by atoms with Gasteiger partial charge in [-0.1, -0.05) is 0 Å². The van der Waals surface area contributed by atoms with Gasteiger partial charge in [0, 0.05) is 25.7 Å². The number of rotatable bonds is 5. The lowest BCUT2D eigenvalue weighted by molar-refractivity contribution is -0.142. The Morgan fingerprint density at radius 2 is 2.15 bits per heavy atom. The maximum atomic E-state index is 12.7. The van der Waals surface area contributed by atoms with Gasteiger partial charge in [-0.2, -0.15) is 0 Å². The molecule has 6 heteroatoms. The van der Waals surface area contributed by atoms with Gasteiger partial charge in [0.1, 0.15) is 0 Å². The van der Waals surface area contributed by atoms with Crippen LogP contribution >= 0.6 is 0 Å². The second-order valence-corrected chi connectivity index (χ2v) is 5.76. The van der Waals surface area contributed by atoms with E-state index in [1.165, 1.54) is 0 Å². The minimum Gasteiger partial charge on any atom is -0.481 e. The number of methoxy groups -OCH3 is 1. The van der Waals surface area contributed by atoms with Gasteiger partial charge in [0.15, 0.2) is 0 Å². The SMILES string of the molecule is CCN(C(=O)N1C2CCC1C(C(=O)O)C2)C(C)COC. The van der Waals surface area contributed by atoms with Gasteiger partial charge in [-0.05, 0) is 33.1 Å². The van der Waals surface area contributed by atoms with E-state index < -0.39 is 11.9 Å². The van der Waals surface area contributed by atoms with Gasteiger partial charge in [-0.25, -0.2) is 4.79 Å². The summed E-state index contributed by atoms with van der Waals surface area (Å²) in [7, 11) is 1.62. The average molecular weight is 284 g/mol. The highest BCUT2D eigenvalue weighted by atomic mass is 16.5. The topological polar surface area (TPSA) is 70.1 Å². The third-order valence-electron chi connectivity index (χ3n) is 4.60. The summed E-state index contributed by atoms with van der Waals surface area (Å²) in [4.78, 5) is 27.6. The number of ether oxygens (including phenoxy) is 1. The molecule has 2 aliphatic heterocycles. The molecule has 4 atom stereocenters. The number of hydrogen-bond donors (Lipinski definition) is 1. The number of urea groups is 1. The summed E-state index contributed by atoms with van der Waals surface area (Å²) in [6.07, 6.45) is 2.34. The Balaban J connectivity index is 2.11. The van der Waals surface area contributed by atoms with E-state index >= 15 is 0 Å². The Morgan fingerprint density at radius 1 is 1.45 bits per heavy atom. The van der Waals surface area contributed by atoms with Crippen molar-refractivity contribution >= 4 is 12.0 Å². The van der Waals surface area contributed by atoms with Gasteiger partial charge in [0.25, 0.3) is 0 Å². The summed E-state index contributed by atoms with van der Waals surface area (Å²) in [5.41, 5.74) is 0. The molecule has 0 aliphatic carbocycles. The Hall–Kier alpha value is -1.30. The summed E-state index contributed by atoms with van der Waals surface area (Å²) in [6, 6.07) is -0.0692. The molecule has 114 valence electrons. The minimum absolute atomic E-state index is 0.000720. The standard InChI is InChI=1S/C14H24N2O4/c1-4-15(9(2)8-20-3)14(19)16-10-5-6-12(16)11(7-10)13(17)18/h9-12H,4-8H2,1-3H3,(H,17,18). The van der Waals surface area contributed by atoms with Crippen LogP contribution in [-0.4, -0.2) is 65.3 Å². The van der Waals surface area contributed by atoms with Crippen molar-refractivity contribution in [3.8, 4) is 0 Å². The number of fused-ring (bicyclic) bond motifs is 2. The van der Waals surface area contributed by atoms with Crippen LogP contribution in [0.5, 0.6) is 0 Å². The number of aliphatic carboxylic acids is 1. The molecule has 2 fully saturated rings. The van der Waals surface area contributed by atoms with Crippen LogP contribution in [0.3, 0.4) is 0 Å². The zero-order valence-corrected chi connectivity index (χ0v) is 12.4. The van der Waals surface area contributed by atoms with Gasteiger partial charge in [0.05, 0.1) is 18.6 Å². The normalized spacial score (nSPS) is 29.6. The Kier molecular flexibility index (Phi) is 4.52. The van der Waals surface area contributed by atoms with Crippen LogP contribution in [-0.2, 0) is 9.53 Å². The number of amides is 2. The fourth-order valence-corrected chi connectivity index (χ4v) is 3.67. The molecule has 0 spiro atoms. The molecule has 2 bridgehead atoms. The van der Waals surface area contributed by atoms with Crippen molar-refractivity contribution in [1.82, 2.24) is 9.80 Å². The second-order valence-electron chi connectivity index (χ2n) is 5.76. The molecule has 2 aliphatic rings. The predicted molar refractivity (Wildman–Crippen MR) is 73.5 cm³/mol. The number of nitrogens with zero attached hydrogens (tertiary/aromatic N) is 2. The molecular weight excluding hydrogens is 260 g/mol. The number of carboxylic acid groups (broad SMARTS) is 1. The zero-order chi connectivity index (χ0) is 14.9. The molecule has 0 aromatic carbocycles. The maximum Gasteiger partial charge on any atom is 0.320 e. The summed E-state index contributed by atoms with van der Waals surface area (Å²) >= 11 is 0. The van der Waals surface area contributed by atoms with Crippen molar-refractivity contribution in [3.63, 3.8) is 0 Å². The van der Waals surface area contributed by atoms with Crippen LogP contribution in [0.25, 0.3) is 0 Å². The van der Waals surface area contributed by atoms with Crippen LogP contribution in [0.4, 0.5) is 4.79 Å².